The predicted octanol–water partition coefficient (Wildman–Crippen LogP) is 2.78. The molecule has 0 fully saturated rings. The van der Waals surface area contributed by atoms with Gasteiger partial charge in [-0.25, -0.2) is 4.79 Å². The van der Waals surface area contributed by atoms with Gasteiger partial charge in [0.25, 0.3) is 5.78 Å². The van der Waals surface area contributed by atoms with E-state index in [0.29, 0.717) is 11.3 Å². The molecule has 0 unspecified atom stereocenters. The zero-order valence-corrected chi connectivity index (χ0v) is 13.4. The second-order valence-electron chi connectivity index (χ2n) is 4.77. The van der Waals surface area contributed by atoms with Crippen molar-refractivity contribution in [1.82, 2.24) is 0 Å². The van der Waals surface area contributed by atoms with Gasteiger partial charge in [-0.2, -0.15) is 4.79 Å². The summed E-state index contributed by atoms with van der Waals surface area (Å²) < 4.78 is 9.86. The topological polar surface area (TPSA) is 89.0 Å². The Morgan fingerprint density at radius 3 is 2.33 bits per heavy atom. The van der Waals surface area contributed by atoms with Gasteiger partial charge in [0.1, 0.15) is 5.75 Å². The first-order valence-corrected chi connectivity index (χ1v) is 7.29. The molecule has 0 amide bonds. The maximum atomic E-state index is 12.6. The van der Waals surface area contributed by atoms with Crippen LogP contribution in [0.1, 0.15) is 17.3 Å². The van der Waals surface area contributed by atoms with Crippen LogP contribution in [0.4, 0.5) is 0 Å². The molecule has 0 aliphatic heterocycles. The molecule has 2 aromatic carbocycles. The smallest absolute Gasteiger partial charge is 0.446 e. The summed E-state index contributed by atoms with van der Waals surface area (Å²) in [7, 11) is 1.57. The Balaban J connectivity index is 2.46. The Morgan fingerprint density at radius 2 is 1.75 bits per heavy atom. The van der Waals surface area contributed by atoms with Crippen molar-refractivity contribution >= 4 is 17.5 Å². The fraction of sp³-hybridized carbons (Fsp3) is 0.167. The molecule has 0 saturated heterocycles. The molecule has 0 bridgehead atoms. The van der Waals surface area contributed by atoms with Gasteiger partial charge < -0.3 is 15.0 Å². The zero-order valence-electron chi connectivity index (χ0n) is 13.4. The third kappa shape index (κ3) is 3.56. The molecule has 0 radical (unpaired) electrons. The van der Waals surface area contributed by atoms with Crippen LogP contribution in [-0.4, -0.2) is 36.0 Å². The van der Waals surface area contributed by atoms with Crippen molar-refractivity contribution in [2.24, 2.45) is 0 Å². The highest BCUT2D eigenvalue weighted by Crippen LogP contribution is 2.26. The number of hydrogen-bond acceptors (Lipinski definition) is 4. The van der Waals surface area contributed by atoms with E-state index >= 15 is 0 Å². The largest absolute Gasteiger partial charge is 0.497 e. The van der Waals surface area contributed by atoms with Gasteiger partial charge in [0, 0.05) is 5.56 Å². The Morgan fingerprint density at radius 1 is 1.08 bits per heavy atom. The van der Waals surface area contributed by atoms with E-state index in [2.05, 4.69) is 4.79 Å². The maximum absolute atomic E-state index is 12.6. The summed E-state index contributed by atoms with van der Waals surface area (Å²) in [5, 5.41) is 0. The van der Waals surface area contributed by atoms with E-state index in [0.717, 1.165) is 5.56 Å². The van der Waals surface area contributed by atoms with Gasteiger partial charge in [-0.1, -0.05) is 36.4 Å². The average molecular weight is 324 g/mol. The van der Waals surface area contributed by atoms with Crippen LogP contribution in [0.2, 0.25) is 0 Å². The van der Waals surface area contributed by atoms with E-state index in [1.165, 1.54) is 0 Å². The summed E-state index contributed by atoms with van der Waals surface area (Å²) in [4.78, 5) is 27.2. The standard InChI is InChI=1S/C18H16N2O4/c1-3-24-18(22)16(20-19)17(21)15-7-5-4-6-14(15)12-8-10-13(23-2)11-9-12/h4-11H,3H2,1-2H3. The fourth-order valence-corrected chi connectivity index (χ4v) is 2.21. The number of ketones is 1. The summed E-state index contributed by atoms with van der Waals surface area (Å²) in [6, 6.07) is 13.9. The molecule has 0 aliphatic carbocycles. The van der Waals surface area contributed by atoms with Gasteiger partial charge in [-0.05, 0) is 30.2 Å². The van der Waals surface area contributed by atoms with Crippen molar-refractivity contribution in [3.05, 3.63) is 59.6 Å². The molecule has 0 heterocycles. The van der Waals surface area contributed by atoms with E-state index < -0.39 is 17.5 Å². The number of esters is 1. The first kappa shape index (κ1) is 17.1. The predicted molar refractivity (Wildman–Crippen MR) is 88.0 cm³/mol. The number of carbonyl (C=O) groups excluding carboxylic acids is 2. The molecule has 122 valence electrons. The van der Waals surface area contributed by atoms with E-state index in [9.17, 15) is 9.59 Å². The molecule has 0 spiro atoms. The molecule has 6 nitrogen and oxygen atoms in total. The van der Waals surface area contributed by atoms with E-state index in [1.807, 2.05) is 0 Å². The minimum absolute atomic E-state index is 0.0747. The van der Waals surface area contributed by atoms with Crippen LogP contribution in [0.15, 0.2) is 48.5 Å². The monoisotopic (exact) mass is 324 g/mol. The number of nitrogens with zero attached hydrogens (tertiary/aromatic N) is 2. The van der Waals surface area contributed by atoms with Crippen LogP contribution < -0.4 is 4.74 Å². The lowest BCUT2D eigenvalue weighted by Gasteiger charge is -2.08. The number of ether oxygens (including phenoxy) is 2. The fourth-order valence-electron chi connectivity index (χ4n) is 2.21. The first-order valence-electron chi connectivity index (χ1n) is 7.29. The van der Waals surface area contributed by atoms with Gasteiger partial charge in [-0.3, -0.25) is 4.79 Å². The van der Waals surface area contributed by atoms with Gasteiger partial charge in [-0.15, -0.1) is 0 Å². The maximum Gasteiger partial charge on any atom is 0.446 e. The quantitative estimate of drug-likeness (QED) is 0.204. The molecule has 6 heteroatoms. The van der Waals surface area contributed by atoms with Crippen molar-refractivity contribution in [3.8, 4) is 16.9 Å². The van der Waals surface area contributed by atoms with Crippen LogP contribution in [0.5, 0.6) is 5.75 Å². The number of Topliss-reactive ketones (excluding diaryl/α,β-unsaturated/α-hetero) is 1. The van der Waals surface area contributed by atoms with Crippen LogP contribution in [0.3, 0.4) is 0 Å². The Hall–Kier alpha value is -3.24. The molecule has 2 rings (SSSR count). The molecule has 0 saturated carbocycles. The highest BCUT2D eigenvalue weighted by atomic mass is 16.5. The van der Waals surface area contributed by atoms with Gasteiger partial charge in [0.15, 0.2) is 0 Å². The minimum Gasteiger partial charge on any atom is -0.497 e. The summed E-state index contributed by atoms with van der Waals surface area (Å²) in [6.45, 7) is 1.67. The number of methoxy groups -OCH3 is 1. The summed E-state index contributed by atoms with van der Waals surface area (Å²) in [5.41, 5.74) is 9.99. The number of carbonyl (C=O) groups is 2. The van der Waals surface area contributed by atoms with Crippen molar-refractivity contribution in [1.29, 1.82) is 0 Å². The summed E-state index contributed by atoms with van der Waals surface area (Å²) in [5.74, 6) is -0.983. The van der Waals surface area contributed by atoms with E-state index in [1.54, 1.807) is 62.6 Å². The molecule has 0 aliphatic rings. The molecule has 0 N–H and O–H groups in total. The van der Waals surface area contributed by atoms with Crippen LogP contribution in [0.25, 0.3) is 16.7 Å². The van der Waals surface area contributed by atoms with Gasteiger partial charge in [0.2, 0.25) is 0 Å². The van der Waals surface area contributed by atoms with Crippen LogP contribution in [-0.2, 0) is 9.53 Å². The van der Waals surface area contributed by atoms with Crippen molar-refractivity contribution in [2.45, 2.75) is 6.92 Å². The second-order valence-corrected chi connectivity index (χ2v) is 4.77. The molecular weight excluding hydrogens is 308 g/mol. The molecule has 0 atom stereocenters. The molecule has 0 aromatic heterocycles. The molecular formula is C18H16N2O4. The Bertz CT molecular complexity index is 806. The van der Waals surface area contributed by atoms with E-state index in [-0.39, 0.29) is 12.2 Å². The Labute approximate surface area is 139 Å². The van der Waals surface area contributed by atoms with Gasteiger partial charge in [0.05, 0.1) is 13.7 Å². The SMILES string of the molecule is CCOC(=O)C(=[N+]=[N-])C(=O)c1ccccc1-c1ccc(OC)cc1. The number of rotatable bonds is 6. The molecule has 2 aromatic rings. The molecule has 24 heavy (non-hydrogen) atoms. The average Bonchev–Trinajstić information content (AvgIpc) is 2.62. The summed E-state index contributed by atoms with van der Waals surface area (Å²) in [6.07, 6.45) is 0. The van der Waals surface area contributed by atoms with Crippen molar-refractivity contribution in [3.63, 3.8) is 0 Å². The highest BCUT2D eigenvalue weighted by Gasteiger charge is 2.33. The third-order valence-electron chi connectivity index (χ3n) is 3.36. The lowest BCUT2D eigenvalue weighted by Crippen LogP contribution is -2.28. The zero-order chi connectivity index (χ0) is 17.5. The highest BCUT2D eigenvalue weighted by molar-refractivity contribution is 6.66. The normalized spacial score (nSPS) is 9.75. The third-order valence-corrected chi connectivity index (χ3v) is 3.36. The Kier molecular flexibility index (Phi) is 5.60. The van der Waals surface area contributed by atoms with Crippen LogP contribution in [0, 0.1) is 0 Å². The lowest BCUT2D eigenvalue weighted by molar-refractivity contribution is -0.139. The van der Waals surface area contributed by atoms with Crippen molar-refractivity contribution < 1.29 is 23.9 Å². The lowest BCUT2D eigenvalue weighted by atomic mass is 9.95. The van der Waals surface area contributed by atoms with E-state index in [4.69, 9.17) is 15.0 Å². The number of benzene rings is 2. The second kappa shape index (κ2) is 7.85. The summed E-state index contributed by atoms with van der Waals surface area (Å²) >= 11 is 0. The van der Waals surface area contributed by atoms with Crippen LogP contribution >= 0.6 is 0 Å². The van der Waals surface area contributed by atoms with Crippen molar-refractivity contribution in [2.75, 3.05) is 13.7 Å². The number of hydrogen-bond donors (Lipinski definition) is 0. The first-order chi connectivity index (χ1) is 11.6. The minimum atomic E-state index is -0.963. The van der Waals surface area contributed by atoms with Gasteiger partial charge >= 0.3 is 11.7 Å².